The number of aromatic hydroxyl groups is 1. The maximum atomic E-state index is 14.0. The lowest BCUT2D eigenvalue weighted by Crippen LogP contribution is -2.41. The summed E-state index contributed by atoms with van der Waals surface area (Å²) in [6.45, 7) is 5.91. The van der Waals surface area contributed by atoms with Gasteiger partial charge in [0.1, 0.15) is 5.75 Å². The molecule has 0 fully saturated rings. The molecule has 2 rings (SSSR count). The summed E-state index contributed by atoms with van der Waals surface area (Å²) in [4.78, 5) is 12.5. The molecule has 0 saturated heterocycles. The molecule has 194 valence electrons. The van der Waals surface area contributed by atoms with E-state index in [0.29, 0.717) is 10.0 Å². The van der Waals surface area contributed by atoms with Gasteiger partial charge in [0.2, 0.25) is 10.0 Å². The highest BCUT2D eigenvalue weighted by molar-refractivity contribution is 9.10. The van der Waals surface area contributed by atoms with Crippen molar-refractivity contribution in [1.29, 1.82) is 0 Å². The summed E-state index contributed by atoms with van der Waals surface area (Å²) in [5, 5.41) is 12.9. The molecule has 8 nitrogen and oxygen atoms in total. The molecule has 12 heteroatoms. The molecule has 0 spiro atoms. The zero-order valence-corrected chi connectivity index (χ0v) is 23.6. The topological polar surface area (TPSA) is 114 Å². The smallest absolute Gasteiger partial charge is 0.258 e. The van der Waals surface area contributed by atoms with Gasteiger partial charge in [-0.05, 0) is 54.0 Å². The molecule has 0 aliphatic carbocycles. The molecule has 2 aromatic carbocycles. The van der Waals surface area contributed by atoms with Crippen LogP contribution in [0.4, 0.5) is 10.1 Å². The minimum Gasteiger partial charge on any atom is -0.506 e. The quantitative estimate of drug-likeness (QED) is 0.225. The van der Waals surface area contributed by atoms with E-state index < -0.39 is 36.2 Å². The van der Waals surface area contributed by atoms with Gasteiger partial charge in [0.25, 0.3) is 5.91 Å². The number of sulfonamides is 1. The van der Waals surface area contributed by atoms with Crippen LogP contribution in [-0.4, -0.2) is 47.2 Å². The van der Waals surface area contributed by atoms with Crippen LogP contribution >= 0.6 is 15.9 Å². The number of hydrogen-bond donors (Lipinski definition) is 3. The lowest BCUT2D eigenvalue weighted by molar-refractivity contribution is -0.123. The third kappa shape index (κ3) is 8.78. The Morgan fingerprint density at radius 1 is 1.14 bits per heavy atom. The molecule has 35 heavy (non-hydrogen) atoms. The lowest BCUT2D eigenvalue weighted by Gasteiger charge is -2.34. The Hall–Kier alpha value is -2.15. The molecule has 0 aromatic heterocycles. The average molecular weight is 592 g/mol. The second-order valence-electron chi connectivity index (χ2n) is 8.17. The van der Waals surface area contributed by atoms with Crippen molar-refractivity contribution in [2.75, 3.05) is 24.1 Å². The fourth-order valence-electron chi connectivity index (χ4n) is 3.56. The van der Waals surface area contributed by atoms with Gasteiger partial charge in [-0.15, -0.1) is 0 Å². The van der Waals surface area contributed by atoms with Crippen LogP contribution in [0.15, 0.2) is 40.9 Å². The van der Waals surface area contributed by atoms with Gasteiger partial charge in [-0.25, -0.2) is 12.8 Å². The maximum Gasteiger partial charge on any atom is 0.258 e. The van der Waals surface area contributed by atoms with Crippen molar-refractivity contribution in [3.63, 3.8) is 0 Å². The fraction of sp³-hybridized carbons (Fsp3) is 0.435. The second-order valence-corrected chi connectivity index (χ2v) is 15.6. The molecule has 0 unspecified atom stereocenters. The van der Waals surface area contributed by atoms with Gasteiger partial charge < -0.3 is 19.6 Å². The summed E-state index contributed by atoms with van der Waals surface area (Å²) < 4.78 is 52.1. The number of phenolic OH excluding ortho intramolecular Hbond substituents is 1. The van der Waals surface area contributed by atoms with Gasteiger partial charge in [0, 0.05) is 11.0 Å². The van der Waals surface area contributed by atoms with Gasteiger partial charge in [-0.2, -0.15) is 0 Å². The van der Waals surface area contributed by atoms with Crippen molar-refractivity contribution in [1.82, 2.24) is 5.32 Å². The summed E-state index contributed by atoms with van der Waals surface area (Å²) >= 11 is 3.17. The summed E-state index contributed by atoms with van der Waals surface area (Å²) in [6.07, 6.45) is 0.403. The normalized spacial score (nSPS) is 12.7. The maximum absolute atomic E-state index is 14.0. The molecular weight excluding hydrogens is 559 g/mol. The summed E-state index contributed by atoms with van der Waals surface area (Å²) in [6, 6.07) is 11.4. The number of nitrogens with one attached hydrogen (secondary N) is 2. The van der Waals surface area contributed by atoms with Crippen LogP contribution in [-0.2, 0) is 19.2 Å². The van der Waals surface area contributed by atoms with E-state index in [-0.39, 0.29) is 30.3 Å². The summed E-state index contributed by atoms with van der Waals surface area (Å²) in [7, 11) is -5.75. The van der Waals surface area contributed by atoms with Crippen molar-refractivity contribution >= 4 is 45.9 Å². The Morgan fingerprint density at radius 3 is 2.37 bits per heavy atom. The highest BCUT2D eigenvalue weighted by Gasteiger charge is 2.33. The van der Waals surface area contributed by atoms with E-state index in [9.17, 15) is 22.7 Å². The molecule has 1 atom stereocenters. The monoisotopic (exact) mass is 590 g/mol. The second kappa shape index (κ2) is 12.7. The number of ether oxygens (including phenoxy) is 1. The van der Waals surface area contributed by atoms with Crippen molar-refractivity contribution in [2.24, 2.45) is 0 Å². The minimum atomic E-state index is -3.62. The number of carbonyl (C=O) groups excluding carboxylic acids is 1. The van der Waals surface area contributed by atoms with E-state index in [1.54, 1.807) is 12.1 Å². The molecule has 0 aliphatic rings. The number of rotatable bonds is 13. The zero-order chi connectivity index (χ0) is 26.2. The Balaban J connectivity index is 2.21. The standard InChI is InChI=1S/C23H32BrFN2O6SSi/c1-5-35(6-2,7-3)33-22(16-8-10-20(28)19(12-16)27-34(4,30)31)14-26-23(29)15-32-21-11-9-17(24)13-18(21)25/h8-13,22,27-28H,5-7,14-15H2,1-4H3,(H,26,29)/t22-/m0/s1. The van der Waals surface area contributed by atoms with Crippen molar-refractivity contribution in [3.8, 4) is 11.5 Å². The van der Waals surface area contributed by atoms with E-state index in [1.807, 2.05) is 0 Å². The average Bonchev–Trinajstić information content (AvgIpc) is 2.80. The number of anilines is 1. The van der Waals surface area contributed by atoms with Gasteiger partial charge in [0.05, 0.1) is 18.0 Å². The number of halogens is 2. The highest BCUT2D eigenvalue weighted by Crippen LogP contribution is 2.33. The summed E-state index contributed by atoms with van der Waals surface area (Å²) in [5.74, 6) is -1.32. The van der Waals surface area contributed by atoms with E-state index in [1.165, 1.54) is 24.3 Å². The van der Waals surface area contributed by atoms with Crippen LogP contribution in [0.25, 0.3) is 0 Å². The first-order chi connectivity index (χ1) is 16.4. The molecule has 1 amide bonds. The molecular formula is C23H32BrFN2O6SSi. The number of amides is 1. The Kier molecular flexibility index (Phi) is 10.6. The lowest BCUT2D eigenvalue weighted by atomic mass is 10.1. The first kappa shape index (κ1) is 29.1. The van der Waals surface area contributed by atoms with Crippen LogP contribution in [0.2, 0.25) is 18.1 Å². The Labute approximate surface area is 215 Å². The van der Waals surface area contributed by atoms with Crippen LogP contribution in [0.5, 0.6) is 11.5 Å². The van der Waals surface area contributed by atoms with Gasteiger partial charge in [-0.3, -0.25) is 9.52 Å². The van der Waals surface area contributed by atoms with Crippen LogP contribution in [0, 0.1) is 5.82 Å². The van der Waals surface area contributed by atoms with Crippen LogP contribution in [0.1, 0.15) is 32.4 Å². The van der Waals surface area contributed by atoms with Gasteiger partial charge in [0.15, 0.2) is 26.5 Å². The highest BCUT2D eigenvalue weighted by atomic mass is 79.9. The molecule has 0 radical (unpaired) electrons. The molecule has 2 aromatic rings. The predicted molar refractivity (Wildman–Crippen MR) is 140 cm³/mol. The SMILES string of the molecule is CC[Si](CC)(CC)O[C@@H](CNC(=O)COc1ccc(Br)cc1F)c1ccc(O)c(NS(C)(=O)=O)c1. The van der Waals surface area contributed by atoms with Gasteiger partial charge in [-0.1, -0.05) is 42.8 Å². The molecule has 0 aliphatic heterocycles. The van der Waals surface area contributed by atoms with E-state index in [4.69, 9.17) is 9.16 Å². The van der Waals surface area contributed by atoms with Crippen molar-refractivity contribution in [3.05, 3.63) is 52.3 Å². The Bertz CT molecular complexity index is 1120. The number of benzene rings is 2. The molecule has 0 bridgehead atoms. The molecule has 3 N–H and O–H groups in total. The van der Waals surface area contributed by atoms with Crippen LogP contribution < -0.4 is 14.8 Å². The number of phenols is 1. The number of hydrogen-bond acceptors (Lipinski definition) is 6. The molecule has 0 saturated carbocycles. The first-order valence-electron chi connectivity index (χ1n) is 11.2. The van der Waals surface area contributed by atoms with E-state index >= 15 is 0 Å². The van der Waals surface area contributed by atoms with E-state index in [0.717, 1.165) is 24.4 Å². The van der Waals surface area contributed by atoms with E-state index in [2.05, 4.69) is 46.7 Å². The third-order valence-corrected chi connectivity index (χ3v) is 11.5. The first-order valence-corrected chi connectivity index (χ1v) is 16.5. The fourth-order valence-corrected chi connectivity index (χ4v) is 7.28. The largest absolute Gasteiger partial charge is 0.506 e. The van der Waals surface area contributed by atoms with Gasteiger partial charge >= 0.3 is 0 Å². The van der Waals surface area contributed by atoms with Crippen molar-refractivity contribution < 1.29 is 31.9 Å². The minimum absolute atomic E-state index is 0.0238. The number of carbonyl (C=O) groups is 1. The van der Waals surface area contributed by atoms with Crippen molar-refractivity contribution in [2.45, 2.75) is 45.0 Å². The predicted octanol–water partition coefficient (Wildman–Crippen LogP) is 4.92. The third-order valence-electron chi connectivity index (χ3n) is 5.75. The Morgan fingerprint density at radius 2 is 1.80 bits per heavy atom. The van der Waals surface area contributed by atoms with Crippen LogP contribution in [0.3, 0.4) is 0 Å². The zero-order valence-electron chi connectivity index (χ0n) is 20.2. The molecule has 0 heterocycles. The summed E-state index contributed by atoms with van der Waals surface area (Å²) in [5.41, 5.74) is 0.622.